The summed E-state index contributed by atoms with van der Waals surface area (Å²) < 4.78 is 2.17. The first-order chi connectivity index (χ1) is 21.8. The number of ketones is 2. The molecule has 0 fully saturated rings. The molecule has 0 spiro atoms. The van der Waals surface area contributed by atoms with E-state index in [-0.39, 0.29) is 17.3 Å². The molecule has 0 aliphatic rings. The third-order valence-electron chi connectivity index (χ3n) is 8.18. The summed E-state index contributed by atoms with van der Waals surface area (Å²) in [4.78, 5) is 45.8. The maximum Gasteiger partial charge on any atom is 0.365 e. The van der Waals surface area contributed by atoms with Crippen LogP contribution < -0.4 is 0 Å². The molecule has 6 rings (SSSR count). The van der Waals surface area contributed by atoms with Crippen LogP contribution in [-0.4, -0.2) is 27.8 Å². The van der Waals surface area contributed by atoms with Crippen LogP contribution >= 0.6 is 0 Å². The zero-order valence-electron chi connectivity index (χ0n) is 25.6. The molecule has 45 heavy (non-hydrogen) atoms. The minimum absolute atomic E-state index is 0.0331. The molecule has 1 aromatic heterocycles. The van der Waals surface area contributed by atoms with Crippen molar-refractivity contribution in [1.29, 1.82) is 0 Å². The molecule has 6 nitrogen and oxygen atoms in total. The van der Waals surface area contributed by atoms with Crippen molar-refractivity contribution < 1.29 is 19.2 Å². The second kappa shape index (κ2) is 12.2. The van der Waals surface area contributed by atoms with Gasteiger partial charge in [-0.3, -0.25) is 9.59 Å². The van der Waals surface area contributed by atoms with Crippen LogP contribution in [0.2, 0.25) is 0 Å². The highest BCUT2D eigenvalue weighted by Crippen LogP contribution is 2.32. The lowest BCUT2D eigenvalue weighted by Crippen LogP contribution is -2.19. The van der Waals surface area contributed by atoms with Crippen LogP contribution in [0.15, 0.2) is 114 Å². The van der Waals surface area contributed by atoms with Crippen LogP contribution in [0.25, 0.3) is 21.8 Å². The summed E-state index contributed by atoms with van der Waals surface area (Å²) in [5.74, 6) is -1.09. The molecule has 6 aromatic rings. The SMILES string of the molecule is CCn1c2ccc(C(=O)/C(=N/OC(=O)c3ccccc3)c3ccc(C)cc3C)cc2c2cc(C(=O)c3ccccc3C)ccc21. The molecular formula is C39H32N2O4. The van der Waals surface area contributed by atoms with E-state index in [0.29, 0.717) is 34.4 Å². The number of rotatable bonds is 8. The quantitative estimate of drug-likeness (QED) is 0.0769. The average Bonchev–Trinajstić information content (AvgIpc) is 3.37. The number of aryl methyl sites for hydroxylation is 4. The van der Waals surface area contributed by atoms with Crippen LogP contribution in [0, 0.1) is 20.8 Å². The zero-order chi connectivity index (χ0) is 31.7. The molecule has 0 bridgehead atoms. The van der Waals surface area contributed by atoms with E-state index in [9.17, 15) is 14.4 Å². The first-order valence-electron chi connectivity index (χ1n) is 14.9. The molecule has 1 heterocycles. The highest BCUT2D eigenvalue weighted by molar-refractivity contribution is 6.51. The van der Waals surface area contributed by atoms with Gasteiger partial charge in [-0.05, 0) is 87.4 Å². The molecule has 0 saturated heterocycles. The van der Waals surface area contributed by atoms with E-state index >= 15 is 0 Å². The number of benzene rings is 5. The summed E-state index contributed by atoms with van der Waals surface area (Å²) in [6, 6.07) is 33.0. The van der Waals surface area contributed by atoms with Gasteiger partial charge >= 0.3 is 5.97 Å². The van der Waals surface area contributed by atoms with Gasteiger partial charge in [0.1, 0.15) is 0 Å². The molecule has 5 aromatic carbocycles. The van der Waals surface area contributed by atoms with Crippen molar-refractivity contribution in [3.05, 3.63) is 154 Å². The maximum absolute atomic E-state index is 14.2. The van der Waals surface area contributed by atoms with E-state index in [0.717, 1.165) is 38.5 Å². The van der Waals surface area contributed by atoms with Crippen molar-refractivity contribution in [2.75, 3.05) is 0 Å². The Bertz CT molecular complexity index is 2160. The van der Waals surface area contributed by atoms with Gasteiger partial charge in [0.2, 0.25) is 5.78 Å². The van der Waals surface area contributed by atoms with Crippen LogP contribution in [0.3, 0.4) is 0 Å². The Morgan fingerprint density at radius 2 is 1.29 bits per heavy atom. The molecule has 0 radical (unpaired) electrons. The minimum Gasteiger partial charge on any atom is -0.341 e. The summed E-state index contributed by atoms with van der Waals surface area (Å²) in [5, 5.41) is 5.87. The first kappa shape index (κ1) is 29.5. The Morgan fingerprint density at radius 3 is 1.96 bits per heavy atom. The highest BCUT2D eigenvalue weighted by Gasteiger charge is 2.23. The van der Waals surface area contributed by atoms with E-state index in [2.05, 4.69) is 16.6 Å². The standard InChI is InChI=1S/C39H32N2O4/c1-5-41-34-19-16-28(37(42)31-14-10-9-11-25(31)3)22-32(34)33-23-29(17-20-35(33)41)38(43)36(30-18-15-24(2)21-26(30)4)40-45-39(44)27-12-7-6-8-13-27/h6-23H,5H2,1-4H3/b40-36+. The number of Topliss-reactive ketones (excluding diaryl/α,β-unsaturated/α-hetero) is 1. The van der Waals surface area contributed by atoms with E-state index in [1.165, 1.54) is 0 Å². The number of fused-ring (bicyclic) bond motifs is 3. The summed E-state index contributed by atoms with van der Waals surface area (Å²) in [6.45, 7) is 8.58. The Morgan fingerprint density at radius 1 is 0.644 bits per heavy atom. The molecular weight excluding hydrogens is 560 g/mol. The number of carbonyl (C=O) groups is 3. The smallest absolute Gasteiger partial charge is 0.341 e. The second-order valence-electron chi connectivity index (χ2n) is 11.2. The second-order valence-corrected chi connectivity index (χ2v) is 11.2. The number of hydrogen-bond acceptors (Lipinski definition) is 5. The van der Waals surface area contributed by atoms with Crippen molar-refractivity contribution in [1.82, 2.24) is 4.57 Å². The number of carbonyl (C=O) groups excluding carboxylic acids is 3. The van der Waals surface area contributed by atoms with Crippen molar-refractivity contribution in [2.24, 2.45) is 5.16 Å². The Kier molecular flexibility index (Phi) is 7.97. The molecule has 0 unspecified atom stereocenters. The number of oxime groups is 1. The van der Waals surface area contributed by atoms with Gasteiger partial charge in [0.25, 0.3) is 0 Å². The number of nitrogens with zero attached hydrogens (tertiary/aromatic N) is 2. The van der Waals surface area contributed by atoms with E-state index in [1.807, 2.05) is 93.6 Å². The fourth-order valence-corrected chi connectivity index (χ4v) is 5.85. The zero-order valence-corrected chi connectivity index (χ0v) is 25.6. The maximum atomic E-state index is 14.2. The summed E-state index contributed by atoms with van der Waals surface area (Å²) in [5.41, 5.74) is 7.28. The Hall–Kier alpha value is -5.62. The van der Waals surface area contributed by atoms with E-state index < -0.39 is 5.97 Å². The van der Waals surface area contributed by atoms with Gasteiger partial charge in [0, 0.05) is 50.6 Å². The normalized spacial score (nSPS) is 11.6. The van der Waals surface area contributed by atoms with Crippen LogP contribution in [0.5, 0.6) is 0 Å². The van der Waals surface area contributed by atoms with Gasteiger partial charge < -0.3 is 9.40 Å². The highest BCUT2D eigenvalue weighted by atomic mass is 16.7. The van der Waals surface area contributed by atoms with Crippen LogP contribution in [0.4, 0.5) is 0 Å². The summed E-state index contributed by atoms with van der Waals surface area (Å²) in [7, 11) is 0. The fourth-order valence-electron chi connectivity index (χ4n) is 5.85. The molecule has 0 N–H and O–H groups in total. The third kappa shape index (κ3) is 5.58. The van der Waals surface area contributed by atoms with Gasteiger partial charge in [0.15, 0.2) is 11.5 Å². The lowest BCUT2D eigenvalue weighted by molar-refractivity contribution is 0.0516. The molecule has 0 atom stereocenters. The van der Waals surface area contributed by atoms with Gasteiger partial charge in [-0.15, -0.1) is 0 Å². The molecule has 0 aliphatic heterocycles. The van der Waals surface area contributed by atoms with E-state index in [1.54, 1.807) is 36.4 Å². The van der Waals surface area contributed by atoms with Gasteiger partial charge in [-0.2, -0.15) is 0 Å². The molecule has 6 heteroatoms. The monoisotopic (exact) mass is 592 g/mol. The molecule has 0 saturated carbocycles. The third-order valence-corrected chi connectivity index (χ3v) is 8.18. The van der Waals surface area contributed by atoms with Crippen molar-refractivity contribution >= 4 is 45.1 Å². The van der Waals surface area contributed by atoms with E-state index in [4.69, 9.17) is 4.84 Å². The Balaban J connectivity index is 1.46. The topological polar surface area (TPSA) is 77.7 Å². The van der Waals surface area contributed by atoms with Crippen LogP contribution in [-0.2, 0) is 11.4 Å². The molecule has 0 aliphatic carbocycles. The van der Waals surface area contributed by atoms with Gasteiger partial charge in [-0.1, -0.05) is 71.4 Å². The molecule has 0 amide bonds. The number of aromatic nitrogens is 1. The lowest BCUT2D eigenvalue weighted by Gasteiger charge is -2.10. The first-order valence-corrected chi connectivity index (χ1v) is 14.9. The fraction of sp³-hybridized carbons (Fsp3) is 0.128. The van der Waals surface area contributed by atoms with Crippen molar-refractivity contribution in [3.63, 3.8) is 0 Å². The van der Waals surface area contributed by atoms with Crippen molar-refractivity contribution in [3.8, 4) is 0 Å². The predicted octanol–water partition coefficient (Wildman–Crippen LogP) is 8.41. The average molecular weight is 593 g/mol. The number of hydrogen-bond donors (Lipinski definition) is 0. The predicted molar refractivity (Wildman–Crippen MR) is 178 cm³/mol. The van der Waals surface area contributed by atoms with Crippen LogP contribution in [0.1, 0.15) is 65.8 Å². The Labute approximate surface area is 261 Å². The minimum atomic E-state index is -0.655. The lowest BCUT2D eigenvalue weighted by atomic mass is 9.95. The summed E-state index contributed by atoms with van der Waals surface area (Å²) >= 11 is 0. The summed E-state index contributed by atoms with van der Waals surface area (Å²) in [6.07, 6.45) is 0. The van der Waals surface area contributed by atoms with Gasteiger partial charge in [0.05, 0.1) is 5.56 Å². The largest absolute Gasteiger partial charge is 0.365 e. The van der Waals surface area contributed by atoms with Crippen molar-refractivity contribution in [2.45, 2.75) is 34.2 Å². The van der Waals surface area contributed by atoms with Gasteiger partial charge in [-0.25, -0.2) is 4.79 Å². The molecule has 222 valence electrons.